The van der Waals surface area contributed by atoms with Crippen LogP contribution in [0, 0.1) is 0 Å². The lowest BCUT2D eigenvalue weighted by atomic mass is 10.2. The van der Waals surface area contributed by atoms with Crippen molar-refractivity contribution in [2.75, 3.05) is 59.4 Å². The normalized spacial score (nSPS) is 20.9. The van der Waals surface area contributed by atoms with Crippen LogP contribution in [0.1, 0.15) is 39.5 Å². The van der Waals surface area contributed by atoms with Gasteiger partial charge in [0.2, 0.25) is 11.8 Å². The molecular formula is C18H34N4O2. The van der Waals surface area contributed by atoms with Crippen LogP contribution in [0.25, 0.3) is 0 Å². The van der Waals surface area contributed by atoms with Crippen LogP contribution in [0.3, 0.4) is 0 Å². The van der Waals surface area contributed by atoms with Crippen molar-refractivity contribution in [2.24, 2.45) is 0 Å². The molecule has 0 saturated carbocycles. The van der Waals surface area contributed by atoms with Gasteiger partial charge in [0.25, 0.3) is 0 Å². The number of hydrogen-bond donors (Lipinski definition) is 0. The van der Waals surface area contributed by atoms with Gasteiger partial charge in [0.15, 0.2) is 0 Å². The predicted octanol–water partition coefficient (Wildman–Crippen LogP) is 0.873. The fourth-order valence-corrected chi connectivity index (χ4v) is 3.31. The third-order valence-corrected chi connectivity index (χ3v) is 5.31. The molecule has 2 saturated heterocycles. The number of carbonyl (C=O) groups is 2. The maximum Gasteiger partial charge on any atom is 0.236 e. The van der Waals surface area contributed by atoms with Gasteiger partial charge in [-0.25, -0.2) is 0 Å². The molecule has 0 spiro atoms. The SMILES string of the molecule is CC(C)N(C)C(=O)CN1CCN(CC(=O)N2CCCCCC2)CC1. The van der Waals surface area contributed by atoms with E-state index in [0.717, 1.165) is 52.1 Å². The fourth-order valence-electron chi connectivity index (χ4n) is 3.31. The monoisotopic (exact) mass is 338 g/mol. The quantitative estimate of drug-likeness (QED) is 0.746. The Morgan fingerprint density at radius 1 is 0.833 bits per heavy atom. The number of likely N-dealkylation sites (N-methyl/N-ethyl adjacent to an activating group) is 1. The molecule has 2 aliphatic rings. The van der Waals surface area contributed by atoms with Crippen molar-refractivity contribution in [1.29, 1.82) is 0 Å². The highest BCUT2D eigenvalue weighted by molar-refractivity contribution is 5.79. The zero-order valence-corrected chi connectivity index (χ0v) is 15.7. The molecule has 2 fully saturated rings. The lowest BCUT2D eigenvalue weighted by molar-refractivity contribution is -0.135. The molecule has 0 unspecified atom stereocenters. The van der Waals surface area contributed by atoms with Crippen LogP contribution >= 0.6 is 0 Å². The van der Waals surface area contributed by atoms with E-state index in [9.17, 15) is 9.59 Å². The Kier molecular flexibility index (Phi) is 7.49. The second-order valence-electron chi connectivity index (χ2n) is 7.45. The maximum absolute atomic E-state index is 12.5. The van der Waals surface area contributed by atoms with Gasteiger partial charge in [-0.15, -0.1) is 0 Å². The Balaban J connectivity index is 1.70. The predicted molar refractivity (Wildman–Crippen MR) is 95.8 cm³/mol. The standard InChI is InChI=1S/C18H34N4O2/c1-16(2)19(3)17(23)14-20-10-12-21(13-11-20)15-18(24)22-8-6-4-5-7-9-22/h16H,4-15H2,1-3H3. The van der Waals surface area contributed by atoms with E-state index in [0.29, 0.717) is 13.1 Å². The first-order valence-electron chi connectivity index (χ1n) is 9.45. The molecular weight excluding hydrogens is 304 g/mol. The Labute approximate surface area is 146 Å². The molecule has 0 atom stereocenters. The van der Waals surface area contributed by atoms with Gasteiger partial charge in [0.1, 0.15) is 0 Å². The van der Waals surface area contributed by atoms with Crippen molar-refractivity contribution >= 4 is 11.8 Å². The summed E-state index contributed by atoms with van der Waals surface area (Å²) in [5.74, 6) is 0.458. The van der Waals surface area contributed by atoms with E-state index in [2.05, 4.69) is 9.80 Å². The summed E-state index contributed by atoms with van der Waals surface area (Å²) in [4.78, 5) is 32.9. The van der Waals surface area contributed by atoms with Gasteiger partial charge >= 0.3 is 0 Å². The Morgan fingerprint density at radius 3 is 1.83 bits per heavy atom. The third-order valence-electron chi connectivity index (χ3n) is 5.31. The number of amides is 2. The average molecular weight is 338 g/mol. The van der Waals surface area contributed by atoms with Crippen LogP contribution in [0.2, 0.25) is 0 Å². The van der Waals surface area contributed by atoms with E-state index >= 15 is 0 Å². The largest absolute Gasteiger partial charge is 0.342 e. The first-order valence-corrected chi connectivity index (χ1v) is 9.45. The van der Waals surface area contributed by atoms with Crippen LogP contribution in [0.4, 0.5) is 0 Å². The van der Waals surface area contributed by atoms with E-state index in [1.54, 1.807) is 4.90 Å². The highest BCUT2D eigenvalue weighted by Crippen LogP contribution is 2.11. The van der Waals surface area contributed by atoms with Crippen LogP contribution in [-0.4, -0.2) is 96.9 Å². The summed E-state index contributed by atoms with van der Waals surface area (Å²) in [5, 5.41) is 0. The summed E-state index contributed by atoms with van der Waals surface area (Å²) >= 11 is 0. The number of carbonyl (C=O) groups excluding carboxylic acids is 2. The van der Waals surface area contributed by atoms with Gasteiger partial charge in [-0.05, 0) is 26.7 Å². The summed E-state index contributed by atoms with van der Waals surface area (Å²) in [6.45, 7) is 10.4. The van der Waals surface area contributed by atoms with E-state index in [1.807, 2.05) is 25.8 Å². The number of nitrogens with zero attached hydrogens (tertiary/aromatic N) is 4. The summed E-state index contributed by atoms with van der Waals surface area (Å²) in [6.07, 6.45) is 4.79. The Bertz CT molecular complexity index is 411. The van der Waals surface area contributed by atoms with Crippen molar-refractivity contribution in [3.05, 3.63) is 0 Å². The minimum atomic E-state index is 0.180. The van der Waals surface area contributed by atoms with Crippen molar-refractivity contribution in [3.8, 4) is 0 Å². The van der Waals surface area contributed by atoms with Crippen LogP contribution in [0.5, 0.6) is 0 Å². The molecule has 0 aliphatic carbocycles. The van der Waals surface area contributed by atoms with E-state index in [1.165, 1.54) is 12.8 Å². The molecule has 2 amide bonds. The van der Waals surface area contributed by atoms with Crippen LogP contribution < -0.4 is 0 Å². The summed E-state index contributed by atoms with van der Waals surface area (Å²) < 4.78 is 0. The molecule has 2 aliphatic heterocycles. The lowest BCUT2D eigenvalue weighted by Gasteiger charge is -2.36. The first kappa shape index (κ1) is 19.2. The molecule has 0 aromatic carbocycles. The van der Waals surface area contributed by atoms with Gasteiger partial charge in [0.05, 0.1) is 13.1 Å². The molecule has 24 heavy (non-hydrogen) atoms. The zero-order chi connectivity index (χ0) is 17.5. The summed E-state index contributed by atoms with van der Waals surface area (Å²) in [7, 11) is 1.86. The van der Waals surface area contributed by atoms with E-state index in [4.69, 9.17) is 0 Å². The van der Waals surface area contributed by atoms with E-state index < -0.39 is 0 Å². The summed E-state index contributed by atoms with van der Waals surface area (Å²) in [5.41, 5.74) is 0. The second-order valence-corrected chi connectivity index (χ2v) is 7.45. The average Bonchev–Trinajstić information content (AvgIpc) is 2.85. The highest BCUT2D eigenvalue weighted by atomic mass is 16.2. The van der Waals surface area contributed by atoms with Crippen LogP contribution in [-0.2, 0) is 9.59 Å². The molecule has 2 rings (SSSR count). The molecule has 0 N–H and O–H groups in total. The number of rotatable bonds is 5. The van der Waals surface area contributed by atoms with Crippen molar-refractivity contribution in [2.45, 2.75) is 45.6 Å². The second kappa shape index (κ2) is 9.37. The van der Waals surface area contributed by atoms with Gasteiger partial charge in [0, 0.05) is 52.4 Å². The maximum atomic E-state index is 12.5. The van der Waals surface area contributed by atoms with Gasteiger partial charge in [-0.3, -0.25) is 19.4 Å². The topological polar surface area (TPSA) is 47.1 Å². The van der Waals surface area contributed by atoms with Crippen LogP contribution in [0.15, 0.2) is 0 Å². The number of hydrogen-bond acceptors (Lipinski definition) is 4. The number of likely N-dealkylation sites (tertiary alicyclic amines) is 1. The van der Waals surface area contributed by atoms with Crippen molar-refractivity contribution in [1.82, 2.24) is 19.6 Å². The molecule has 6 nitrogen and oxygen atoms in total. The molecule has 6 heteroatoms. The zero-order valence-electron chi connectivity index (χ0n) is 15.7. The molecule has 0 radical (unpaired) electrons. The smallest absolute Gasteiger partial charge is 0.236 e. The fraction of sp³-hybridized carbons (Fsp3) is 0.889. The van der Waals surface area contributed by atoms with Gasteiger partial charge < -0.3 is 9.80 Å². The molecule has 0 aromatic heterocycles. The highest BCUT2D eigenvalue weighted by Gasteiger charge is 2.24. The van der Waals surface area contributed by atoms with Crippen molar-refractivity contribution in [3.63, 3.8) is 0 Å². The first-order chi connectivity index (χ1) is 11.5. The summed E-state index contributed by atoms with van der Waals surface area (Å²) in [6, 6.07) is 0.241. The molecule has 0 bridgehead atoms. The Morgan fingerprint density at radius 2 is 1.33 bits per heavy atom. The third kappa shape index (κ3) is 5.74. The Hall–Kier alpha value is -1.14. The molecule has 2 heterocycles. The minimum Gasteiger partial charge on any atom is -0.342 e. The van der Waals surface area contributed by atoms with E-state index in [-0.39, 0.29) is 17.9 Å². The number of piperazine rings is 1. The van der Waals surface area contributed by atoms with Gasteiger partial charge in [-0.2, -0.15) is 0 Å². The van der Waals surface area contributed by atoms with Gasteiger partial charge in [-0.1, -0.05) is 12.8 Å². The van der Waals surface area contributed by atoms with Crippen molar-refractivity contribution < 1.29 is 9.59 Å². The minimum absolute atomic E-state index is 0.180. The lowest BCUT2D eigenvalue weighted by Crippen LogP contribution is -2.52. The molecule has 0 aromatic rings. The molecule has 138 valence electrons.